The van der Waals surface area contributed by atoms with Crippen LogP contribution in [0.5, 0.6) is 0 Å². The number of sulfonamides is 1. The maximum absolute atomic E-state index is 13.1. The Hall–Kier alpha value is -3.40. The first-order valence-electron chi connectivity index (χ1n) is 10.4. The standard InChI is InChI=1S/C24H24FN5O2S/c25-21-10-6-19(7-11-21)15-27-16-22(14-18-4-2-1-3-5-18)30-17-24(28-29-30)20-8-12-23(13-9-20)33(26,31)32/h1-13,17,22,27H,14-16H2,(H2,26,31,32)/t22-/m0/s1. The van der Waals surface area contributed by atoms with E-state index >= 15 is 0 Å². The van der Waals surface area contributed by atoms with Gasteiger partial charge in [0.2, 0.25) is 10.0 Å². The lowest BCUT2D eigenvalue weighted by Gasteiger charge is -2.18. The average molecular weight is 466 g/mol. The lowest BCUT2D eigenvalue weighted by molar-refractivity contribution is 0.410. The van der Waals surface area contributed by atoms with Crippen LogP contribution in [0, 0.1) is 5.82 Å². The van der Waals surface area contributed by atoms with Crippen LogP contribution in [0.4, 0.5) is 4.39 Å². The van der Waals surface area contributed by atoms with E-state index in [4.69, 9.17) is 5.14 Å². The lowest BCUT2D eigenvalue weighted by atomic mass is 10.1. The molecule has 4 aromatic rings. The molecule has 9 heteroatoms. The SMILES string of the molecule is NS(=O)(=O)c1ccc(-c2cn([C@H](CNCc3ccc(F)cc3)Cc3ccccc3)nn2)cc1. The molecule has 1 aromatic heterocycles. The fourth-order valence-corrected chi connectivity index (χ4v) is 4.05. The van der Waals surface area contributed by atoms with Crippen LogP contribution in [0.1, 0.15) is 17.2 Å². The van der Waals surface area contributed by atoms with Crippen LogP contribution in [0.15, 0.2) is 90.0 Å². The van der Waals surface area contributed by atoms with E-state index in [0.29, 0.717) is 18.8 Å². The number of benzene rings is 3. The summed E-state index contributed by atoms with van der Waals surface area (Å²) in [6.07, 6.45) is 2.59. The normalized spacial score (nSPS) is 12.5. The Morgan fingerprint density at radius 3 is 2.30 bits per heavy atom. The minimum Gasteiger partial charge on any atom is -0.311 e. The quantitative estimate of drug-likeness (QED) is 0.395. The van der Waals surface area contributed by atoms with E-state index in [-0.39, 0.29) is 16.8 Å². The molecule has 33 heavy (non-hydrogen) atoms. The van der Waals surface area contributed by atoms with E-state index in [2.05, 4.69) is 27.8 Å². The summed E-state index contributed by atoms with van der Waals surface area (Å²) in [5.74, 6) is -0.257. The van der Waals surface area contributed by atoms with Crippen molar-refractivity contribution < 1.29 is 12.8 Å². The van der Waals surface area contributed by atoms with E-state index in [1.807, 2.05) is 29.1 Å². The van der Waals surface area contributed by atoms with Gasteiger partial charge in [-0.25, -0.2) is 22.6 Å². The molecule has 0 saturated heterocycles. The van der Waals surface area contributed by atoms with E-state index in [1.165, 1.54) is 29.8 Å². The minimum absolute atomic E-state index is 0.0159. The van der Waals surface area contributed by atoms with Crippen molar-refractivity contribution in [2.24, 2.45) is 5.14 Å². The highest BCUT2D eigenvalue weighted by Crippen LogP contribution is 2.21. The molecule has 4 rings (SSSR count). The van der Waals surface area contributed by atoms with Gasteiger partial charge in [-0.1, -0.05) is 59.8 Å². The molecule has 3 aromatic carbocycles. The second-order valence-corrected chi connectivity index (χ2v) is 9.32. The zero-order valence-electron chi connectivity index (χ0n) is 17.8. The molecule has 0 aliphatic rings. The third-order valence-electron chi connectivity index (χ3n) is 5.30. The molecule has 1 atom stereocenters. The highest BCUT2D eigenvalue weighted by molar-refractivity contribution is 7.89. The Balaban J connectivity index is 1.51. The van der Waals surface area contributed by atoms with E-state index in [9.17, 15) is 12.8 Å². The maximum atomic E-state index is 13.1. The summed E-state index contributed by atoms with van der Waals surface area (Å²) >= 11 is 0. The number of halogens is 1. The average Bonchev–Trinajstić information content (AvgIpc) is 3.30. The van der Waals surface area contributed by atoms with Gasteiger partial charge in [-0.3, -0.25) is 0 Å². The van der Waals surface area contributed by atoms with Crippen molar-refractivity contribution in [2.45, 2.75) is 23.9 Å². The summed E-state index contributed by atoms with van der Waals surface area (Å²) in [5, 5.41) is 17.2. The van der Waals surface area contributed by atoms with Gasteiger partial charge < -0.3 is 5.32 Å². The van der Waals surface area contributed by atoms with Gasteiger partial charge in [0.25, 0.3) is 0 Å². The Kier molecular flexibility index (Phi) is 6.93. The Morgan fingerprint density at radius 2 is 1.64 bits per heavy atom. The van der Waals surface area contributed by atoms with Crippen molar-refractivity contribution in [3.8, 4) is 11.3 Å². The van der Waals surface area contributed by atoms with Crippen molar-refractivity contribution in [1.29, 1.82) is 0 Å². The first-order valence-corrected chi connectivity index (χ1v) is 12.0. The Morgan fingerprint density at radius 1 is 0.939 bits per heavy atom. The van der Waals surface area contributed by atoms with Gasteiger partial charge in [0, 0.05) is 18.7 Å². The molecule has 0 radical (unpaired) electrons. The monoisotopic (exact) mass is 465 g/mol. The molecule has 170 valence electrons. The number of hydrogen-bond acceptors (Lipinski definition) is 5. The summed E-state index contributed by atoms with van der Waals surface area (Å²) in [7, 11) is -3.75. The van der Waals surface area contributed by atoms with Gasteiger partial charge in [0.05, 0.1) is 17.1 Å². The van der Waals surface area contributed by atoms with E-state index in [0.717, 1.165) is 17.5 Å². The Labute approximate surface area is 192 Å². The molecule has 0 bridgehead atoms. The molecule has 3 N–H and O–H groups in total. The zero-order valence-corrected chi connectivity index (χ0v) is 18.6. The van der Waals surface area contributed by atoms with Gasteiger partial charge in [-0.15, -0.1) is 5.10 Å². The predicted octanol–water partition coefficient (Wildman–Crippen LogP) is 3.31. The van der Waals surface area contributed by atoms with Gasteiger partial charge in [0.15, 0.2) is 0 Å². The summed E-state index contributed by atoms with van der Waals surface area (Å²) in [6, 6.07) is 22.7. The van der Waals surface area contributed by atoms with Crippen LogP contribution in [-0.2, 0) is 23.0 Å². The molecular formula is C24H24FN5O2S. The second-order valence-electron chi connectivity index (χ2n) is 7.75. The third kappa shape index (κ3) is 6.10. The third-order valence-corrected chi connectivity index (χ3v) is 6.23. The summed E-state index contributed by atoms with van der Waals surface area (Å²) in [4.78, 5) is 0.0468. The highest BCUT2D eigenvalue weighted by atomic mass is 32.2. The van der Waals surface area contributed by atoms with Crippen LogP contribution >= 0.6 is 0 Å². The highest BCUT2D eigenvalue weighted by Gasteiger charge is 2.16. The topological polar surface area (TPSA) is 103 Å². The van der Waals surface area contributed by atoms with Gasteiger partial charge >= 0.3 is 0 Å². The molecule has 0 unspecified atom stereocenters. The van der Waals surface area contributed by atoms with Crippen molar-refractivity contribution in [1.82, 2.24) is 20.3 Å². The number of hydrogen-bond donors (Lipinski definition) is 2. The molecular weight excluding hydrogens is 441 g/mol. The molecule has 1 heterocycles. The molecule has 0 spiro atoms. The Bertz CT molecular complexity index is 1290. The maximum Gasteiger partial charge on any atom is 0.238 e. The van der Waals surface area contributed by atoms with Crippen molar-refractivity contribution in [3.63, 3.8) is 0 Å². The first kappa shape index (κ1) is 22.8. The van der Waals surface area contributed by atoms with Crippen molar-refractivity contribution in [2.75, 3.05) is 6.54 Å². The smallest absolute Gasteiger partial charge is 0.238 e. The zero-order chi connectivity index (χ0) is 23.3. The largest absolute Gasteiger partial charge is 0.311 e. The van der Waals surface area contributed by atoms with Crippen LogP contribution in [0.25, 0.3) is 11.3 Å². The molecule has 0 fully saturated rings. The van der Waals surface area contributed by atoms with Gasteiger partial charge in [0.1, 0.15) is 11.5 Å². The number of primary sulfonamides is 1. The number of rotatable bonds is 9. The fourth-order valence-electron chi connectivity index (χ4n) is 3.53. The van der Waals surface area contributed by atoms with Crippen LogP contribution in [0.2, 0.25) is 0 Å². The first-order chi connectivity index (χ1) is 15.9. The van der Waals surface area contributed by atoms with Crippen LogP contribution in [0.3, 0.4) is 0 Å². The number of aromatic nitrogens is 3. The number of nitrogens with zero attached hydrogens (tertiary/aromatic N) is 3. The van der Waals surface area contributed by atoms with Crippen molar-refractivity contribution in [3.05, 3.63) is 102 Å². The second kappa shape index (κ2) is 10.0. The summed E-state index contributed by atoms with van der Waals surface area (Å²) in [6.45, 7) is 1.22. The predicted molar refractivity (Wildman–Crippen MR) is 124 cm³/mol. The summed E-state index contributed by atoms with van der Waals surface area (Å²) in [5.41, 5.74) is 3.53. The minimum atomic E-state index is -3.75. The molecule has 0 amide bonds. The summed E-state index contributed by atoms with van der Waals surface area (Å²) < 4.78 is 37.9. The van der Waals surface area contributed by atoms with Crippen LogP contribution < -0.4 is 10.5 Å². The van der Waals surface area contributed by atoms with Crippen molar-refractivity contribution >= 4 is 10.0 Å². The molecule has 0 aliphatic carbocycles. The number of nitrogens with two attached hydrogens (primary N) is 1. The molecule has 0 saturated carbocycles. The van der Waals surface area contributed by atoms with Gasteiger partial charge in [-0.2, -0.15) is 0 Å². The fraction of sp³-hybridized carbons (Fsp3) is 0.167. The van der Waals surface area contributed by atoms with Crippen LogP contribution in [-0.4, -0.2) is 30.0 Å². The van der Waals surface area contributed by atoms with E-state index < -0.39 is 10.0 Å². The molecule has 7 nitrogen and oxygen atoms in total. The molecule has 0 aliphatic heterocycles. The van der Waals surface area contributed by atoms with E-state index in [1.54, 1.807) is 24.3 Å². The number of nitrogens with one attached hydrogen (secondary N) is 1. The van der Waals surface area contributed by atoms with Gasteiger partial charge in [-0.05, 0) is 41.8 Å². The lowest BCUT2D eigenvalue weighted by Crippen LogP contribution is -2.27.